The Kier molecular flexibility index (Phi) is 5.43. The minimum Gasteiger partial charge on any atom is -0.492 e. The second-order valence-electron chi connectivity index (χ2n) is 5.32. The molecule has 0 saturated carbocycles. The van der Waals surface area contributed by atoms with E-state index in [-0.39, 0.29) is 6.04 Å². The fraction of sp³-hybridized carbons (Fsp3) is 0.533. The van der Waals surface area contributed by atoms with E-state index in [1.165, 1.54) is 0 Å². The number of carboxylic acids is 1. The van der Waals surface area contributed by atoms with Gasteiger partial charge in [-0.15, -0.1) is 0 Å². The van der Waals surface area contributed by atoms with Crippen LogP contribution in [0.4, 0.5) is 0 Å². The molecule has 110 valence electrons. The van der Waals surface area contributed by atoms with Gasteiger partial charge in [0.05, 0.1) is 0 Å². The van der Waals surface area contributed by atoms with Gasteiger partial charge in [-0.2, -0.15) is 0 Å². The zero-order valence-electron chi connectivity index (χ0n) is 11.6. The van der Waals surface area contributed by atoms with Crippen LogP contribution in [0.15, 0.2) is 28.7 Å². The molecule has 1 saturated heterocycles. The summed E-state index contributed by atoms with van der Waals surface area (Å²) in [5.74, 6) is 0.574. The Morgan fingerprint density at radius 2 is 2.15 bits per heavy atom. The Bertz CT molecular complexity index is 449. The van der Waals surface area contributed by atoms with Gasteiger partial charge in [-0.3, -0.25) is 9.69 Å². The maximum atomic E-state index is 11.3. The molecule has 0 aromatic heterocycles. The molecule has 0 spiro atoms. The molecular weight excluding hydrogens is 322 g/mol. The molecule has 0 radical (unpaired) electrons. The number of benzene rings is 1. The summed E-state index contributed by atoms with van der Waals surface area (Å²) in [7, 11) is 0. The summed E-state index contributed by atoms with van der Waals surface area (Å²) in [6, 6.07) is 7.29. The summed E-state index contributed by atoms with van der Waals surface area (Å²) in [6.07, 6.45) is 1.79. The molecule has 0 amide bonds. The molecule has 1 fully saturated rings. The molecule has 1 N–H and O–H groups in total. The molecule has 20 heavy (non-hydrogen) atoms. The molecule has 5 heteroatoms. The van der Waals surface area contributed by atoms with Crippen LogP contribution in [0.5, 0.6) is 5.75 Å². The standard InChI is InChI=1S/C15H20BrNO3/c1-11-6-7-17(14(10-11)15(18)19)8-9-20-13-4-2-12(16)3-5-13/h2-5,11,14H,6-10H2,1H3,(H,18,19). The van der Waals surface area contributed by atoms with Crippen molar-refractivity contribution in [1.29, 1.82) is 0 Å². The first-order chi connectivity index (χ1) is 9.56. The highest BCUT2D eigenvalue weighted by atomic mass is 79.9. The Hall–Kier alpha value is -1.07. The molecule has 2 rings (SSSR count). The average Bonchev–Trinajstić information content (AvgIpc) is 2.42. The lowest BCUT2D eigenvalue weighted by Crippen LogP contribution is -2.48. The molecule has 1 heterocycles. The molecule has 2 atom stereocenters. The zero-order valence-corrected chi connectivity index (χ0v) is 13.2. The van der Waals surface area contributed by atoms with Crippen LogP contribution in [0, 0.1) is 5.92 Å². The van der Waals surface area contributed by atoms with Gasteiger partial charge in [-0.25, -0.2) is 0 Å². The van der Waals surface area contributed by atoms with Crippen LogP contribution in [0.2, 0.25) is 0 Å². The topological polar surface area (TPSA) is 49.8 Å². The number of carbonyl (C=O) groups is 1. The van der Waals surface area contributed by atoms with E-state index < -0.39 is 5.97 Å². The van der Waals surface area contributed by atoms with Crippen LogP contribution in [0.3, 0.4) is 0 Å². The SMILES string of the molecule is CC1CCN(CCOc2ccc(Br)cc2)C(C(=O)O)C1. The maximum Gasteiger partial charge on any atom is 0.320 e. The molecule has 1 aliphatic rings. The highest BCUT2D eigenvalue weighted by molar-refractivity contribution is 9.10. The summed E-state index contributed by atoms with van der Waals surface area (Å²) in [4.78, 5) is 13.3. The first kappa shape index (κ1) is 15.3. The Morgan fingerprint density at radius 1 is 1.45 bits per heavy atom. The van der Waals surface area contributed by atoms with Crippen molar-refractivity contribution in [3.05, 3.63) is 28.7 Å². The summed E-state index contributed by atoms with van der Waals surface area (Å²) in [5.41, 5.74) is 0. The molecule has 2 unspecified atom stereocenters. The summed E-state index contributed by atoms with van der Waals surface area (Å²) in [5, 5.41) is 9.29. The van der Waals surface area contributed by atoms with Crippen molar-refractivity contribution in [3.63, 3.8) is 0 Å². The average molecular weight is 342 g/mol. The maximum absolute atomic E-state index is 11.3. The third-order valence-corrected chi connectivity index (χ3v) is 4.25. The lowest BCUT2D eigenvalue weighted by Gasteiger charge is -2.35. The zero-order chi connectivity index (χ0) is 14.5. The quantitative estimate of drug-likeness (QED) is 0.894. The monoisotopic (exact) mass is 341 g/mol. The number of hydrogen-bond acceptors (Lipinski definition) is 3. The largest absolute Gasteiger partial charge is 0.492 e. The van der Waals surface area contributed by atoms with Crippen LogP contribution in [-0.4, -0.2) is 41.7 Å². The van der Waals surface area contributed by atoms with Gasteiger partial charge in [0.15, 0.2) is 0 Å². The summed E-state index contributed by atoms with van der Waals surface area (Å²) < 4.78 is 6.68. The molecule has 0 aliphatic carbocycles. The van der Waals surface area contributed by atoms with Gasteiger partial charge in [0.25, 0.3) is 0 Å². The van der Waals surface area contributed by atoms with Gasteiger partial charge < -0.3 is 9.84 Å². The van der Waals surface area contributed by atoms with Gasteiger partial charge >= 0.3 is 5.97 Å². The van der Waals surface area contributed by atoms with Crippen LogP contribution >= 0.6 is 15.9 Å². The summed E-state index contributed by atoms with van der Waals surface area (Å²) in [6.45, 7) is 4.12. The number of carboxylic acid groups (broad SMARTS) is 1. The normalized spacial score (nSPS) is 23.5. The van der Waals surface area contributed by atoms with Gasteiger partial charge in [-0.1, -0.05) is 22.9 Å². The van der Waals surface area contributed by atoms with E-state index in [1.54, 1.807) is 0 Å². The lowest BCUT2D eigenvalue weighted by molar-refractivity contribution is -0.145. The number of halogens is 1. The number of nitrogens with zero attached hydrogens (tertiary/aromatic N) is 1. The van der Waals surface area contributed by atoms with Crippen molar-refractivity contribution in [2.75, 3.05) is 19.7 Å². The van der Waals surface area contributed by atoms with Crippen molar-refractivity contribution in [1.82, 2.24) is 4.90 Å². The number of rotatable bonds is 5. The van der Waals surface area contributed by atoms with Crippen molar-refractivity contribution < 1.29 is 14.6 Å². The third-order valence-electron chi connectivity index (χ3n) is 3.72. The van der Waals surface area contributed by atoms with Crippen molar-refractivity contribution >= 4 is 21.9 Å². The predicted octanol–water partition coefficient (Wildman–Crippen LogP) is 3.01. The Morgan fingerprint density at radius 3 is 2.80 bits per heavy atom. The molecule has 1 aliphatic heterocycles. The van der Waals surface area contributed by atoms with E-state index in [1.807, 2.05) is 29.2 Å². The van der Waals surface area contributed by atoms with Crippen molar-refractivity contribution in [2.45, 2.75) is 25.8 Å². The Balaban J connectivity index is 1.83. The van der Waals surface area contributed by atoms with Crippen LogP contribution in [0.1, 0.15) is 19.8 Å². The van der Waals surface area contributed by atoms with Crippen LogP contribution in [0.25, 0.3) is 0 Å². The highest BCUT2D eigenvalue weighted by Crippen LogP contribution is 2.22. The van der Waals surface area contributed by atoms with Gasteiger partial charge in [0.1, 0.15) is 18.4 Å². The molecular formula is C15H20BrNO3. The molecule has 1 aromatic rings. The molecule has 0 bridgehead atoms. The minimum absolute atomic E-state index is 0.368. The fourth-order valence-corrected chi connectivity index (χ4v) is 2.79. The summed E-state index contributed by atoms with van der Waals surface area (Å²) >= 11 is 3.38. The number of hydrogen-bond donors (Lipinski definition) is 1. The predicted molar refractivity (Wildman–Crippen MR) is 81.0 cm³/mol. The molecule has 4 nitrogen and oxygen atoms in total. The first-order valence-electron chi connectivity index (χ1n) is 6.91. The number of ether oxygens (including phenoxy) is 1. The first-order valence-corrected chi connectivity index (χ1v) is 7.71. The molecule has 1 aromatic carbocycles. The fourth-order valence-electron chi connectivity index (χ4n) is 2.53. The van der Waals surface area contributed by atoms with E-state index in [4.69, 9.17) is 4.74 Å². The van der Waals surface area contributed by atoms with Gasteiger partial charge in [-0.05, 0) is 49.6 Å². The third kappa shape index (κ3) is 4.21. The van der Waals surface area contributed by atoms with Gasteiger partial charge in [0.2, 0.25) is 0 Å². The van der Waals surface area contributed by atoms with Crippen LogP contribution in [-0.2, 0) is 4.79 Å². The van der Waals surface area contributed by atoms with E-state index in [0.29, 0.717) is 19.1 Å². The van der Waals surface area contributed by atoms with E-state index in [0.717, 1.165) is 29.6 Å². The number of likely N-dealkylation sites (tertiary alicyclic amines) is 1. The van der Waals surface area contributed by atoms with E-state index in [9.17, 15) is 9.90 Å². The smallest absolute Gasteiger partial charge is 0.320 e. The second kappa shape index (κ2) is 7.09. The minimum atomic E-state index is -0.722. The van der Waals surface area contributed by atoms with E-state index in [2.05, 4.69) is 22.9 Å². The number of aliphatic carboxylic acids is 1. The second-order valence-corrected chi connectivity index (χ2v) is 6.24. The highest BCUT2D eigenvalue weighted by Gasteiger charge is 2.31. The van der Waals surface area contributed by atoms with Gasteiger partial charge in [0, 0.05) is 11.0 Å². The van der Waals surface area contributed by atoms with Crippen molar-refractivity contribution in [2.24, 2.45) is 5.92 Å². The van der Waals surface area contributed by atoms with E-state index >= 15 is 0 Å². The Labute approximate surface area is 127 Å². The lowest BCUT2D eigenvalue weighted by atomic mass is 9.92. The van der Waals surface area contributed by atoms with Crippen molar-refractivity contribution in [3.8, 4) is 5.75 Å². The van der Waals surface area contributed by atoms with Crippen LogP contribution < -0.4 is 4.74 Å². The number of piperidine rings is 1.